The molecule has 2 aromatic rings. The van der Waals surface area contributed by atoms with Crippen molar-refractivity contribution in [2.24, 2.45) is 0 Å². The zero-order valence-corrected chi connectivity index (χ0v) is 14.2. The third kappa shape index (κ3) is 3.76. The van der Waals surface area contributed by atoms with Crippen molar-refractivity contribution in [2.45, 2.75) is 38.6 Å². The fourth-order valence-corrected chi connectivity index (χ4v) is 3.38. The third-order valence-electron chi connectivity index (χ3n) is 4.75. The van der Waals surface area contributed by atoms with Gasteiger partial charge in [0.2, 0.25) is 0 Å². The highest BCUT2D eigenvalue weighted by molar-refractivity contribution is 5.93. The Balaban J connectivity index is 1.44. The number of nitrogens with one attached hydrogen (secondary N) is 1. The molecule has 2 aromatic heterocycles. The Morgan fingerprint density at radius 1 is 1.42 bits per heavy atom. The quantitative estimate of drug-likeness (QED) is 0.757. The first-order valence-corrected chi connectivity index (χ1v) is 8.76. The average molecular weight is 330 g/mol. The number of carbonyl (C=O) groups is 1. The molecule has 130 valence electrons. The Morgan fingerprint density at radius 2 is 2.29 bits per heavy atom. The summed E-state index contributed by atoms with van der Waals surface area (Å²) in [4.78, 5) is 19.0. The van der Waals surface area contributed by atoms with E-state index in [-0.39, 0.29) is 12.5 Å². The number of likely N-dealkylation sites (tertiary alicyclic amines) is 1. The maximum absolute atomic E-state index is 12.3. The molecule has 0 aliphatic carbocycles. The number of aromatic nitrogens is 2. The Bertz CT molecular complexity index is 697. The molecule has 6 heteroatoms. The van der Waals surface area contributed by atoms with Gasteiger partial charge in [-0.2, -0.15) is 0 Å². The summed E-state index contributed by atoms with van der Waals surface area (Å²) in [7, 11) is 0. The fraction of sp³-hybridized carbons (Fsp3) is 0.556. The van der Waals surface area contributed by atoms with Crippen LogP contribution in [0.1, 0.15) is 41.7 Å². The molecule has 2 N–H and O–H groups in total. The minimum Gasteiger partial charge on any atom is -0.395 e. The molecular weight excluding hydrogens is 304 g/mol. The zero-order chi connectivity index (χ0) is 16.9. The van der Waals surface area contributed by atoms with Crippen molar-refractivity contribution >= 4 is 11.6 Å². The molecule has 0 bridgehead atoms. The molecule has 1 amide bonds. The Labute approximate surface area is 142 Å². The highest BCUT2D eigenvalue weighted by Gasteiger charge is 2.22. The number of unbranched alkanes of at least 4 members (excludes halogenated alkanes) is 1. The Morgan fingerprint density at radius 3 is 3.12 bits per heavy atom. The summed E-state index contributed by atoms with van der Waals surface area (Å²) in [5.74, 6) is -0.0810. The molecule has 6 nitrogen and oxygen atoms in total. The van der Waals surface area contributed by atoms with E-state index in [9.17, 15) is 9.90 Å². The van der Waals surface area contributed by atoms with Gasteiger partial charge in [-0.15, -0.1) is 0 Å². The largest absolute Gasteiger partial charge is 0.395 e. The van der Waals surface area contributed by atoms with Gasteiger partial charge in [0, 0.05) is 18.8 Å². The van der Waals surface area contributed by atoms with Crippen molar-refractivity contribution in [3.8, 4) is 0 Å². The van der Waals surface area contributed by atoms with Crippen molar-refractivity contribution in [3.05, 3.63) is 35.8 Å². The van der Waals surface area contributed by atoms with E-state index in [0.29, 0.717) is 18.3 Å². The lowest BCUT2D eigenvalue weighted by Crippen LogP contribution is -2.33. The number of aliphatic hydroxyl groups excluding tert-OH is 1. The predicted molar refractivity (Wildman–Crippen MR) is 93.2 cm³/mol. The molecule has 1 saturated heterocycles. The van der Waals surface area contributed by atoms with Crippen LogP contribution in [0.25, 0.3) is 5.65 Å². The highest BCUT2D eigenvalue weighted by atomic mass is 16.3. The first-order chi connectivity index (χ1) is 11.7. The molecule has 1 unspecified atom stereocenters. The van der Waals surface area contributed by atoms with Gasteiger partial charge < -0.3 is 10.4 Å². The van der Waals surface area contributed by atoms with Crippen LogP contribution in [0.5, 0.6) is 0 Å². The van der Waals surface area contributed by atoms with E-state index in [1.165, 1.54) is 6.42 Å². The second-order valence-corrected chi connectivity index (χ2v) is 6.56. The van der Waals surface area contributed by atoms with Crippen LogP contribution in [-0.2, 0) is 0 Å². The van der Waals surface area contributed by atoms with E-state index in [1.54, 1.807) is 6.20 Å². The zero-order valence-electron chi connectivity index (χ0n) is 14.2. The number of rotatable bonds is 7. The number of hydrogen-bond donors (Lipinski definition) is 2. The van der Waals surface area contributed by atoms with Crippen LogP contribution in [-0.4, -0.2) is 57.6 Å². The summed E-state index contributed by atoms with van der Waals surface area (Å²) in [6, 6.07) is 4.24. The van der Waals surface area contributed by atoms with Crippen LogP contribution in [0.4, 0.5) is 0 Å². The summed E-state index contributed by atoms with van der Waals surface area (Å²) in [5, 5.41) is 12.3. The molecule has 1 aliphatic rings. The first-order valence-electron chi connectivity index (χ1n) is 8.76. The lowest BCUT2D eigenvalue weighted by Gasteiger charge is -2.22. The molecule has 3 rings (SSSR count). The first kappa shape index (κ1) is 16.9. The fourth-order valence-electron chi connectivity index (χ4n) is 3.38. The number of nitrogens with zero attached hydrogens (tertiary/aromatic N) is 3. The highest BCUT2D eigenvalue weighted by Crippen LogP contribution is 2.16. The Hall–Kier alpha value is -1.92. The van der Waals surface area contributed by atoms with Crippen LogP contribution in [0.2, 0.25) is 0 Å². The molecule has 1 atom stereocenters. The summed E-state index contributed by atoms with van der Waals surface area (Å²) >= 11 is 0. The monoisotopic (exact) mass is 330 g/mol. The molecule has 3 heterocycles. The van der Waals surface area contributed by atoms with Crippen molar-refractivity contribution in [3.63, 3.8) is 0 Å². The van der Waals surface area contributed by atoms with Crippen molar-refractivity contribution < 1.29 is 9.90 Å². The summed E-state index contributed by atoms with van der Waals surface area (Å²) in [5.41, 5.74) is 2.46. The summed E-state index contributed by atoms with van der Waals surface area (Å²) < 4.78 is 1.83. The van der Waals surface area contributed by atoms with Crippen LogP contribution in [0, 0.1) is 6.92 Å². The predicted octanol–water partition coefficient (Wildman–Crippen LogP) is 1.61. The van der Waals surface area contributed by atoms with Crippen molar-refractivity contribution in [2.75, 3.05) is 26.2 Å². The molecule has 0 aromatic carbocycles. The van der Waals surface area contributed by atoms with E-state index >= 15 is 0 Å². The molecule has 0 radical (unpaired) electrons. The standard InChI is InChI=1S/C18H26N4O2/c1-14-6-7-17-20-11-16(22(17)12-14)18(24)19-8-2-3-9-21-10-4-5-15(21)13-23/h6-7,11-12,15,23H,2-5,8-10,13H2,1H3,(H,19,24). The summed E-state index contributed by atoms with van der Waals surface area (Å²) in [6.45, 7) is 4.99. The van der Waals surface area contributed by atoms with Crippen molar-refractivity contribution in [1.82, 2.24) is 19.6 Å². The molecule has 1 aliphatic heterocycles. The van der Waals surface area contributed by atoms with Crippen LogP contribution >= 0.6 is 0 Å². The van der Waals surface area contributed by atoms with Gasteiger partial charge >= 0.3 is 0 Å². The minimum atomic E-state index is -0.0810. The number of carbonyl (C=O) groups excluding carboxylic acids is 1. The van der Waals surface area contributed by atoms with Crippen LogP contribution in [0.3, 0.4) is 0 Å². The van der Waals surface area contributed by atoms with Crippen LogP contribution < -0.4 is 5.32 Å². The van der Waals surface area contributed by atoms with Crippen LogP contribution in [0.15, 0.2) is 24.5 Å². The Kier molecular flexibility index (Phi) is 5.48. The number of aliphatic hydroxyl groups is 1. The number of pyridine rings is 1. The number of amides is 1. The third-order valence-corrected chi connectivity index (χ3v) is 4.75. The number of fused-ring (bicyclic) bond motifs is 1. The lowest BCUT2D eigenvalue weighted by atomic mass is 10.2. The molecule has 0 saturated carbocycles. The van der Waals surface area contributed by atoms with Gasteiger partial charge in [-0.1, -0.05) is 6.07 Å². The van der Waals surface area contributed by atoms with Gasteiger partial charge in [0.25, 0.3) is 5.91 Å². The normalized spacial score (nSPS) is 18.3. The second-order valence-electron chi connectivity index (χ2n) is 6.56. The van der Waals surface area contributed by atoms with E-state index in [2.05, 4.69) is 15.2 Å². The van der Waals surface area contributed by atoms with Crippen molar-refractivity contribution in [1.29, 1.82) is 0 Å². The van der Waals surface area contributed by atoms with Gasteiger partial charge in [0.05, 0.1) is 12.8 Å². The van der Waals surface area contributed by atoms with Gasteiger partial charge in [0.1, 0.15) is 11.3 Å². The average Bonchev–Trinajstić information content (AvgIpc) is 3.20. The number of imidazole rings is 1. The lowest BCUT2D eigenvalue weighted by molar-refractivity contribution is 0.0946. The number of aryl methyl sites for hydroxylation is 1. The van der Waals surface area contributed by atoms with E-state index in [1.807, 2.05) is 29.7 Å². The smallest absolute Gasteiger partial charge is 0.269 e. The van der Waals surface area contributed by atoms with E-state index < -0.39 is 0 Å². The summed E-state index contributed by atoms with van der Waals surface area (Å²) in [6.07, 6.45) is 7.80. The molecular formula is C18H26N4O2. The second kappa shape index (κ2) is 7.77. The van der Waals surface area contributed by atoms with Gasteiger partial charge in [-0.05, 0) is 57.3 Å². The van der Waals surface area contributed by atoms with Gasteiger partial charge in [0.15, 0.2) is 0 Å². The maximum Gasteiger partial charge on any atom is 0.269 e. The molecule has 0 spiro atoms. The van der Waals surface area contributed by atoms with E-state index in [4.69, 9.17) is 0 Å². The SMILES string of the molecule is Cc1ccc2ncc(C(=O)NCCCCN3CCCC3CO)n2c1. The number of hydrogen-bond acceptors (Lipinski definition) is 4. The molecule has 24 heavy (non-hydrogen) atoms. The molecule has 1 fully saturated rings. The van der Waals surface area contributed by atoms with Gasteiger partial charge in [-0.3, -0.25) is 14.1 Å². The minimum absolute atomic E-state index is 0.0810. The maximum atomic E-state index is 12.3. The van der Waals surface area contributed by atoms with E-state index in [0.717, 1.165) is 43.6 Å². The van der Waals surface area contributed by atoms with Gasteiger partial charge in [-0.25, -0.2) is 4.98 Å². The topological polar surface area (TPSA) is 69.9 Å².